The summed E-state index contributed by atoms with van der Waals surface area (Å²) in [5, 5.41) is 25.2. The molecule has 115 heavy (non-hydrogen) atoms. The number of rotatable bonds is 9. The molecule has 0 aliphatic heterocycles. The van der Waals surface area contributed by atoms with E-state index < -0.39 is 0 Å². The van der Waals surface area contributed by atoms with Crippen molar-refractivity contribution in [3.8, 4) is 111 Å². The molecule has 0 bridgehead atoms. The highest BCUT2D eigenvalue weighted by molar-refractivity contribution is 6.29. The normalized spacial score (nSPS) is 12.3. The van der Waals surface area contributed by atoms with E-state index in [2.05, 4.69) is 438 Å². The molecule has 0 unspecified atom stereocenters. The molecule has 0 amide bonds. The topological polar surface area (TPSA) is 0 Å². The van der Waals surface area contributed by atoms with Crippen molar-refractivity contribution >= 4 is 108 Å². The molecule has 0 atom stereocenters. The van der Waals surface area contributed by atoms with Gasteiger partial charge in [0.2, 0.25) is 0 Å². The van der Waals surface area contributed by atoms with Crippen molar-refractivity contribution in [3.05, 3.63) is 436 Å². The second-order valence-corrected chi connectivity index (χ2v) is 31.5. The number of fused-ring (bicyclic) bond motifs is 13. The van der Waals surface area contributed by atoms with E-state index in [0.29, 0.717) is 0 Å². The number of hydrogen-bond donors (Lipinski definition) is 0. The maximum Gasteiger partial charge on any atom is 0.0159 e. The molecular weight excluding hydrogens is 1380 g/mol. The van der Waals surface area contributed by atoms with Gasteiger partial charge in [-0.3, -0.25) is 0 Å². The minimum atomic E-state index is -0.0996. The highest BCUT2D eigenvalue weighted by atomic mass is 14.4. The summed E-state index contributed by atoms with van der Waals surface area (Å²) < 4.78 is 0. The van der Waals surface area contributed by atoms with E-state index in [9.17, 15) is 0 Å². The summed E-state index contributed by atoms with van der Waals surface area (Å²) in [7, 11) is 0. The molecule has 536 valence electrons. The Kier molecular flexibility index (Phi) is 16.1. The molecule has 1 aliphatic rings. The fourth-order valence-corrected chi connectivity index (χ4v) is 19.8. The Hall–Kier alpha value is -14.6. The van der Waals surface area contributed by atoms with E-state index in [-0.39, 0.29) is 5.41 Å². The summed E-state index contributed by atoms with van der Waals surface area (Å²) >= 11 is 0. The summed E-state index contributed by atoms with van der Waals surface area (Å²) in [5.74, 6) is 0. The van der Waals surface area contributed by atoms with Gasteiger partial charge in [0.25, 0.3) is 0 Å². The predicted molar refractivity (Wildman–Crippen MR) is 494 cm³/mol. The van der Waals surface area contributed by atoms with Crippen LogP contribution in [0.15, 0.2) is 425 Å². The largest absolute Gasteiger partial charge is 0.0622 e. The van der Waals surface area contributed by atoms with E-state index in [1.165, 1.54) is 230 Å². The van der Waals surface area contributed by atoms with Crippen molar-refractivity contribution in [2.75, 3.05) is 0 Å². The van der Waals surface area contributed by atoms with Crippen LogP contribution < -0.4 is 0 Å². The molecule has 1 aliphatic carbocycles. The smallest absolute Gasteiger partial charge is 0.0159 e. The molecule has 0 heteroatoms. The molecule has 0 spiro atoms. The molecule has 0 radical (unpaired) electrons. The Morgan fingerprint density at radius 1 is 0.130 bits per heavy atom. The summed E-state index contributed by atoms with van der Waals surface area (Å²) in [6.07, 6.45) is 0. The lowest BCUT2D eigenvalue weighted by Gasteiger charge is -2.23. The molecular formula is C115H76. The molecule has 0 fully saturated rings. The Morgan fingerprint density at radius 2 is 0.365 bits per heavy atom. The van der Waals surface area contributed by atoms with Crippen LogP contribution in [0.2, 0.25) is 0 Å². The van der Waals surface area contributed by atoms with Crippen LogP contribution in [-0.4, -0.2) is 0 Å². The van der Waals surface area contributed by atoms with Crippen LogP contribution in [0.1, 0.15) is 25.0 Å². The van der Waals surface area contributed by atoms with Crippen LogP contribution in [-0.2, 0) is 5.41 Å². The lowest BCUT2D eigenvalue weighted by molar-refractivity contribution is 0.660. The molecule has 0 heterocycles. The van der Waals surface area contributed by atoms with Crippen LogP contribution in [0.3, 0.4) is 0 Å². The molecule has 0 aromatic heterocycles. The van der Waals surface area contributed by atoms with Gasteiger partial charge in [-0.25, -0.2) is 0 Å². The van der Waals surface area contributed by atoms with Gasteiger partial charge in [0.1, 0.15) is 0 Å². The highest BCUT2D eigenvalue weighted by Crippen LogP contribution is 2.55. The molecule has 0 saturated heterocycles. The van der Waals surface area contributed by atoms with Gasteiger partial charge in [0.05, 0.1) is 0 Å². The zero-order chi connectivity index (χ0) is 76.2. The van der Waals surface area contributed by atoms with Gasteiger partial charge in [0, 0.05) is 5.41 Å². The average Bonchev–Trinajstić information content (AvgIpc) is 1.65. The van der Waals surface area contributed by atoms with Crippen molar-refractivity contribution in [2.45, 2.75) is 19.3 Å². The third-order valence-corrected chi connectivity index (χ3v) is 24.9. The first-order valence-electron chi connectivity index (χ1n) is 40.2. The van der Waals surface area contributed by atoms with Gasteiger partial charge in [-0.05, 0) is 248 Å². The summed E-state index contributed by atoms with van der Waals surface area (Å²) in [5.41, 5.74) is 27.9. The van der Waals surface area contributed by atoms with E-state index in [4.69, 9.17) is 0 Å². The molecule has 23 rings (SSSR count). The average molecular weight is 1460 g/mol. The maximum atomic E-state index is 2.51. The molecule has 0 saturated carbocycles. The first-order valence-corrected chi connectivity index (χ1v) is 40.2. The van der Waals surface area contributed by atoms with E-state index in [1.54, 1.807) is 0 Å². The SMILES string of the molecule is CC1(C)c2ccccc2-c2ccc(-c3c4ccccc4c(-c4cccc5ccccc45)c4cc(-c5c6ccccc6c(-c6ccccc6)c6ccccc56)ccc34)cc21.c1ccc(-c2ccc(-c3c4ccccc4c(-c4cccc5ccccc45)c4cc(-c5c6ccccc6c(-c6ccccc6)c6ccccc56)ccc34)cc2)cc1. The third kappa shape index (κ3) is 11.0. The zero-order valence-electron chi connectivity index (χ0n) is 63.9. The van der Waals surface area contributed by atoms with Crippen LogP contribution >= 0.6 is 0 Å². The lowest BCUT2D eigenvalue weighted by Crippen LogP contribution is -2.14. The van der Waals surface area contributed by atoms with Gasteiger partial charge in [-0.1, -0.05) is 420 Å². The Labute approximate surface area is 669 Å². The first-order chi connectivity index (χ1) is 56.9. The van der Waals surface area contributed by atoms with Crippen molar-refractivity contribution in [2.24, 2.45) is 0 Å². The van der Waals surface area contributed by atoms with Crippen molar-refractivity contribution in [1.82, 2.24) is 0 Å². The maximum absolute atomic E-state index is 2.51. The van der Waals surface area contributed by atoms with Crippen molar-refractivity contribution in [3.63, 3.8) is 0 Å². The highest BCUT2D eigenvalue weighted by Gasteiger charge is 2.36. The Bertz CT molecular complexity index is 7570. The van der Waals surface area contributed by atoms with Crippen LogP contribution in [0.4, 0.5) is 0 Å². The second-order valence-electron chi connectivity index (χ2n) is 31.5. The van der Waals surface area contributed by atoms with Crippen LogP contribution in [0.5, 0.6) is 0 Å². The van der Waals surface area contributed by atoms with E-state index >= 15 is 0 Å². The molecule has 0 N–H and O–H groups in total. The van der Waals surface area contributed by atoms with Crippen LogP contribution in [0.25, 0.3) is 219 Å². The lowest BCUT2D eigenvalue weighted by atomic mass is 9.79. The number of benzene rings is 22. The standard InChI is InChI=1S/C59H40.C56H36/c1-59(2)53-30-15-14-22-42(53)43-33-31-40(36-54(43)59)57-49-27-12-13-28-50(49)58(44-29-16-20-37-17-6-7-21-41(37)44)52-35-39(32-34-51(52)57)56-47-25-10-8-23-45(47)55(38-18-4-3-5-19-38)46-24-9-11-26-48(46)56;1-3-16-37(17-4-1)38-30-32-41(33-31-38)54-49-27-13-14-28-50(49)56(44-29-15-21-39-18-7-8-22-43(39)44)52-36-42(34-35-51(52)54)55-47-25-11-9-23-45(47)53(40-19-5-2-6-20-40)46-24-10-12-26-48(46)55/h3-36H,1-2H3;1-36H. The summed E-state index contributed by atoms with van der Waals surface area (Å²) in [4.78, 5) is 0. The minimum absolute atomic E-state index is 0.0996. The predicted octanol–water partition coefficient (Wildman–Crippen LogP) is 32.2. The third-order valence-electron chi connectivity index (χ3n) is 24.9. The summed E-state index contributed by atoms with van der Waals surface area (Å²) in [6, 6.07) is 157. The quantitative estimate of drug-likeness (QED) is 0.126. The molecule has 22 aromatic rings. The zero-order valence-corrected chi connectivity index (χ0v) is 63.9. The van der Waals surface area contributed by atoms with Gasteiger partial charge in [-0.2, -0.15) is 0 Å². The second kappa shape index (κ2) is 27.4. The van der Waals surface area contributed by atoms with Gasteiger partial charge < -0.3 is 0 Å². The van der Waals surface area contributed by atoms with Crippen molar-refractivity contribution < 1.29 is 0 Å². The molecule has 0 nitrogen and oxygen atoms in total. The number of hydrogen-bond acceptors (Lipinski definition) is 0. The van der Waals surface area contributed by atoms with E-state index in [1.807, 2.05) is 0 Å². The van der Waals surface area contributed by atoms with Crippen LogP contribution in [0, 0.1) is 0 Å². The van der Waals surface area contributed by atoms with Gasteiger partial charge in [-0.15, -0.1) is 0 Å². The van der Waals surface area contributed by atoms with Gasteiger partial charge >= 0.3 is 0 Å². The monoisotopic (exact) mass is 1460 g/mol. The fourth-order valence-electron chi connectivity index (χ4n) is 19.8. The fraction of sp³-hybridized carbons (Fsp3) is 0.0261. The summed E-state index contributed by atoms with van der Waals surface area (Å²) in [6.45, 7) is 4.76. The van der Waals surface area contributed by atoms with Gasteiger partial charge in [0.15, 0.2) is 0 Å². The van der Waals surface area contributed by atoms with Crippen molar-refractivity contribution in [1.29, 1.82) is 0 Å². The Balaban J connectivity index is 0.000000140. The van der Waals surface area contributed by atoms with E-state index in [0.717, 1.165) is 0 Å². The molecule has 22 aromatic carbocycles. The minimum Gasteiger partial charge on any atom is -0.0622 e. The Morgan fingerprint density at radius 3 is 0.757 bits per heavy atom. The first kappa shape index (κ1) is 67.3.